The number of nitrogens with one attached hydrogen (secondary N) is 1. The summed E-state index contributed by atoms with van der Waals surface area (Å²) in [5.74, 6) is 1.81. The number of aromatic nitrogens is 3. The van der Waals surface area contributed by atoms with Crippen LogP contribution in [0.25, 0.3) is 10.9 Å². The number of rotatable bonds is 6. The zero-order valence-corrected chi connectivity index (χ0v) is 17.2. The van der Waals surface area contributed by atoms with E-state index in [9.17, 15) is 0 Å². The maximum Gasteiger partial charge on any atom is 0.226 e. The fourth-order valence-electron chi connectivity index (χ4n) is 3.23. The van der Waals surface area contributed by atoms with Gasteiger partial charge in [0, 0.05) is 22.7 Å². The molecule has 0 aliphatic rings. The number of nitrogens with zero attached hydrogens (tertiary/aromatic N) is 3. The molecule has 0 radical (unpaired) electrons. The smallest absolute Gasteiger partial charge is 0.226 e. The van der Waals surface area contributed by atoms with Gasteiger partial charge in [0.25, 0.3) is 0 Å². The normalized spacial score (nSPS) is 11.8. The summed E-state index contributed by atoms with van der Waals surface area (Å²) >= 11 is 6.22. The predicted molar refractivity (Wildman–Crippen MR) is 118 cm³/mol. The monoisotopic (exact) mass is 421 g/mol. The number of fused-ring (bicyclic) bond motifs is 1. The zero-order chi connectivity index (χ0) is 21.1. The van der Waals surface area contributed by atoms with E-state index < -0.39 is 0 Å². The molecule has 152 valence electrons. The van der Waals surface area contributed by atoms with Crippen LogP contribution in [-0.2, 0) is 0 Å². The molecule has 1 unspecified atom stereocenters. The van der Waals surface area contributed by atoms with Gasteiger partial charge in [-0.1, -0.05) is 29.8 Å². The van der Waals surface area contributed by atoms with Crippen LogP contribution in [0.3, 0.4) is 0 Å². The highest BCUT2D eigenvalue weighted by Crippen LogP contribution is 2.34. The molecule has 3 N–H and O–H groups in total. The lowest BCUT2D eigenvalue weighted by Crippen LogP contribution is -2.16. The summed E-state index contributed by atoms with van der Waals surface area (Å²) in [6.45, 7) is 0. The summed E-state index contributed by atoms with van der Waals surface area (Å²) in [5, 5.41) is 4.65. The second-order valence-electron chi connectivity index (χ2n) is 6.54. The van der Waals surface area contributed by atoms with E-state index in [0.717, 1.165) is 11.3 Å². The van der Waals surface area contributed by atoms with Gasteiger partial charge in [0.05, 0.1) is 31.5 Å². The van der Waals surface area contributed by atoms with Gasteiger partial charge in [0.2, 0.25) is 5.95 Å². The molecule has 0 bridgehead atoms. The highest BCUT2D eigenvalue weighted by molar-refractivity contribution is 6.30. The Bertz CT molecular complexity index is 1190. The van der Waals surface area contributed by atoms with Crippen molar-refractivity contribution in [2.24, 2.45) is 0 Å². The van der Waals surface area contributed by atoms with E-state index in [4.69, 9.17) is 26.8 Å². The van der Waals surface area contributed by atoms with Gasteiger partial charge in [0.15, 0.2) is 11.5 Å². The van der Waals surface area contributed by atoms with Gasteiger partial charge >= 0.3 is 0 Å². The Balaban J connectivity index is 1.79. The van der Waals surface area contributed by atoms with E-state index >= 15 is 0 Å². The Morgan fingerprint density at radius 1 is 0.967 bits per heavy atom. The number of hydrogen-bond donors (Lipinski definition) is 2. The number of ether oxygens (including phenoxy) is 2. The van der Waals surface area contributed by atoms with Crippen LogP contribution in [0.4, 0.5) is 11.8 Å². The highest BCUT2D eigenvalue weighted by Gasteiger charge is 2.19. The Kier molecular flexibility index (Phi) is 5.54. The first-order valence-electron chi connectivity index (χ1n) is 9.21. The van der Waals surface area contributed by atoms with Crippen LogP contribution in [0, 0.1) is 0 Å². The van der Waals surface area contributed by atoms with Gasteiger partial charge in [-0.3, -0.25) is 4.98 Å². The van der Waals surface area contributed by atoms with E-state index in [1.165, 1.54) is 0 Å². The number of halogens is 1. The van der Waals surface area contributed by atoms with E-state index in [-0.39, 0.29) is 6.04 Å². The minimum atomic E-state index is -0.318. The molecule has 4 aromatic rings. The molecule has 0 saturated carbocycles. The number of methoxy groups -OCH3 is 2. The molecule has 0 aliphatic carbocycles. The van der Waals surface area contributed by atoms with Crippen molar-refractivity contribution in [1.82, 2.24) is 15.0 Å². The molecular formula is C22H20ClN5O2. The molecular weight excluding hydrogens is 402 g/mol. The van der Waals surface area contributed by atoms with Crippen LogP contribution in [-0.4, -0.2) is 29.2 Å². The first kappa shape index (κ1) is 19.7. The Morgan fingerprint density at radius 3 is 2.47 bits per heavy atom. The van der Waals surface area contributed by atoms with E-state index in [1.807, 2.05) is 42.5 Å². The third kappa shape index (κ3) is 3.92. The first-order chi connectivity index (χ1) is 14.6. The number of nitrogen functional groups attached to an aromatic ring is 1. The van der Waals surface area contributed by atoms with Crippen LogP contribution in [0.15, 0.2) is 60.8 Å². The third-order valence-electron chi connectivity index (χ3n) is 4.67. The minimum absolute atomic E-state index is 0.318. The molecule has 0 fully saturated rings. The number of anilines is 2. The maximum atomic E-state index is 6.23. The quantitative estimate of drug-likeness (QED) is 0.474. The average Bonchev–Trinajstić information content (AvgIpc) is 2.77. The van der Waals surface area contributed by atoms with Gasteiger partial charge in [0.1, 0.15) is 5.82 Å². The fourth-order valence-corrected chi connectivity index (χ4v) is 3.43. The molecule has 30 heavy (non-hydrogen) atoms. The molecule has 4 rings (SSSR count). The SMILES string of the molecule is COc1cc2nc(NC(c3cccc(Cl)c3)c3ccccn3)nc(N)c2cc1OC. The Labute approximate surface area is 178 Å². The second-order valence-corrected chi connectivity index (χ2v) is 6.98. The largest absolute Gasteiger partial charge is 0.493 e. The predicted octanol–water partition coefficient (Wildman–Crippen LogP) is 4.48. The van der Waals surface area contributed by atoms with Crippen molar-refractivity contribution in [3.63, 3.8) is 0 Å². The lowest BCUT2D eigenvalue weighted by atomic mass is 10.0. The molecule has 0 amide bonds. The molecule has 2 heterocycles. The topological polar surface area (TPSA) is 95.2 Å². The van der Waals surface area contributed by atoms with E-state index in [0.29, 0.717) is 39.2 Å². The van der Waals surface area contributed by atoms with Gasteiger partial charge in [-0.05, 0) is 35.9 Å². The van der Waals surface area contributed by atoms with Crippen molar-refractivity contribution >= 4 is 34.3 Å². The van der Waals surface area contributed by atoms with Crippen LogP contribution in [0.1, 0.15) is 17.3 Å². The molecule has 1 atom stereocenters. The van der Waals surface area contributed by atoms with Gasteiger partial charge in [-0.25, -0.2) is 4.98 Å². The number of benzene rings is 2. The van der Waals surface area contributed by atoms with Crippen molar-refractivity contribution in [1.29, 1.82) is 0 Å². The van der Waals surface area contributed by atoms with Gasteiger partial charge < -0.3 is 20.5 Å². The minimum Gasteiger partial charge on any atom is -0.493 e. The van der Waals surface area contributed by atoms with Crippen molar-refractivity contribution in [3.05, 3.63) is 77.1 Å². The highest BCUT2D eigenvalue weighted by atomic mass is 35.5. The molecule has 0 saturated heterocycles. The van der Waals surface area contributed by atoms with E-state index in [1.54, 1.807) is 32.5 Å². The average molecular weight is 422 g/mol. The molecule has 8 heteroatoms. The molecule has 0 aliphatic heterocycles. The lowest BCUT2D eigenvalue weighted by Gasteiger charge is -2.20. The number of hydrogen-bond acceptors (Lipinski definition) is 7. The fraction of sp³-hybridized carbons (Fsp3) is 0.136. The van der Waals surface area contributed by atoms with Crippen LogP contribution in [0.5, 0.6) is 11.5 Å². The summed E-state index contributed by atoms with van der Waals surface area (Å²) in [4.78, 5) is 13.6. The molecule has 7 nitrogen and oxygen atoms in total. The lowest BCUT2D eigenvalue weighted by molar-refractivity contribution is 0.356. The summed E-state index contributed by atoms with van der Waals surface area (Å²) in [7, 11) is 3.14. The van der Waals surface area contributed by atoms with Crippen molar-refractivity contribution in [2.45, 2.75) is 6.04 Å². The Hall–Kier alpha value is -3.58. The summed E-state index contributed by atoms with van der Waals surface area (Å²) in [6, 6.07) is 16.5. The van der Waals surface area contributed by atoms with Gasteiger partial charge in [-0.15, -0.1) is 0 Å². The van der Waals surface area contributed by atoms with Crippen LogP contribution in [0.2, 0.25) is 5.02 Å². The summed E-state index contributed by atoms with van der Waals surface area (Å²) in [6.07, 6.45) is 1.74. The van der Waals surface area contributed by atoms with E-state index in [2.05, 4.69) is 20.3 Å². The van der Waals surface area contributed by atoms with Gasteiger partial charge in [-0.2, -0.15) is 4.98 Å². The van der Waals surface area contributed by atoms with Crippen LogP contribution >= 0.6 is 11.6 Å². The summed E-state index contributed by atoms with van der Waals surface area (Å²) in [5.41, 5.74) is 8.58. The van der Waals surface area contributed by atoms with Crippen molar-refractivity contribution in [2.75, 3.05) is 25.3 Å². The number of pyridine rings is 1. The molecule has 0 spiro atoms. The standard InChI is InChI=1S/C22H20ClN5O2/c1-29-18-11-15-17(12-19(18)30-2)26-22(28-21(15)24)27-20(16-8-3-4-9-25-16)13-6-5-7-14(23)10-13/h3-12,20H,1-2H3,(H3,24,26,27,28). The van der Waals surface area contributed by atoms with Crippen molar-refractivity contribution in [3.8, 4) is 11.5 Å². The first-order valence-corrected chi connectivity index (χ1v) is 9.59. The maximum absolute atomic E-state index is 6.23. The zero-order valence-electron chi connectivity index (χ0n) is 16.5. The summed E-state index contributed by atoms with van der Waals surface area (Å²) < 4.78 is 10.7. The molecule has 2 aromatic heterocycles. The number of nitrogens with two attached hydrogens (primary N) is 1. The van der Waals surface area contributed by atoms with Crippen LogP contribution < -0.4 is 20.5 Å². The molecule has 2 aromatic carbocycles. The van der Waals surface area contributed by atoms with Crippen molar-refractivity contribution < 1.29 is 9.47 Å². The Morgan fingerprint density at radius 2 is 1.77 bits per heavy atom. The second kappa shape index (κ2) is 8.42. The third-order valence-corrected chi connectivity index (χ3v) is 4.90.